The number of hydrogen-bond acceptors (Lipinski definition) is 2. The Bertz CT molecular complexity index is 744. The van der Waals surface area contributed by atoms with Crippen molar-refractivity contribution >= 4 is 0 Å². The molecule has 4 aliphatic rings. The van der Waals surface area contributed by atoms with Crippen molar-refractivity contribution in [3.05, 3.63) is 36.1 Å². The largest absolute Gasteiger partial charge is 0.405 e. The van der Waals surface area contributed by atoms with Gasteiger partial charge in [-0.15, -0.1) is 0 Å². The zero-order chi connectivity index (χ0) is 26.6. The predicted octanol–water partition coefficient (Wildman–Crippen LogP) is 9.03. The molecule has 3 saturated carbocycles. The summed E-state index contributed by atoms with van der Waals surface area (Å²) in [5.41, 5.74) is 16.8. The second-order valence-corrected chi connectivity index (χ2v) is 13.2. The normalized spacial score (nSPS) is 37.9. The summed E-state index contributed by atoms with van der Waals surface area (Å²) in [6, 6.07) is 0. The molecule has 0 radical (unpaired) electrons. The molecular weight excluding hydrogens is 424 g/mol. The van der Waals surface area contributed by atoms with E-state index in [1.807, 2.05) is 13.8 Å². The Balaban J connectivity index is 0.000000803. The van der Waals surface area contributed by atoms with Crippen LogP contribution < -0.4 is 11.5 Å². The molecule has 3 fully saturated rings. The lowest BCUT2D eigenvalue weighted by Crippen LogP contribution is -2.51. The Morgan fingerprint density at radius 2 is 1.63 bits per heavy atom. The summed E-state index contributed by atoms with van der Waals surface area (Å²) in [5, 5.41) is 0. The highest BCUT2D eigenvalue weighted by Gasteiger charge is 2.52. The van der Waals surface area contributed by atoms with Crippen molar-refractivity contribution in [1.82, 2.24) is 0 Å². The van der Waals surface area contributed by atoms with Gasteiger partial charge in [-0.3, -0.25) is 0 Å². The Hall–Kier alpha value is -1.02. The smallest absolute Gasteiger partial charge is 0.0418 e. The fourth-order valence-electron chi connectivity index (χ4n) is 8.91. The van der Waals surface area contributed by atoms with E-state index >= 15 is 0 Å². The van der Waals surface area contributed by atoms with Crippen LogP contribution in [0.3, 0.4) is 0 Å². The fraction of sp³-hybridized carbons (Fsp3) is 0.818. The molecule has 35 heavy (non-hydrogen) atoms. The molecule has 0 aromatic heterocycles. The molecule has 0 aromatic carbocycles. The van der Waals surface area contributed by atoms with Crippen LogP contribution in [0.2, 0.25) is 0 Å². The van der Waals surface area contributed by atoms with Gasteiger partial charge in [0.05, 0.1) is 0 Å². The third-order valence-corrected chi connectivity index (χ3v) is 10.3. The number of fused-ring (bicyclic) bond motifs is 3. The zero-order valence-corrected chi connectivity index (χ0v) is 24.8. The van der Waals surface area contributed by atoms with Crippen LogP contribution in [0.25, 0.3) is 0 Å². The van der Waals surface area contributed by atoms with Crippen LogP contribution >= 0.6 is 0 Å². The molecule has 0 aromatic rings. The first-order valence-corrected chi connectivity index (χ1v) is 15.0. The Labute approximate surface area is 219 Å². The van der Waals surface area contributed by atoms with Gasteiger partial charge in [-0.1, -0.05) is 81.4 Å². The van der Waals surface area contributed by atoms with Crippen LogP contribution in [0.5, 0.6) is 0 Å². The summed E-state index contributed by atoms with van der Waals surface area (Å²) in [6.45, 7) is 26.5. The molecule has 0 aliphatic heterocycles. The molecule has 4 aliphatic carbocycles. The molecule has 0 spiro atoms. The van der Waals surface area contributed by atoms with Crippen molar-refractivity contribution < 1.29 is 0 Å². The van der Waals surface area contributed by atoms with Crippen molar-refractivity contribution in [2.75, 3.05) is 0 Å². The third kappa shape index (κ3) is 6.28. The van der Waals surface area contributed by atoms with E-state index in [2.05, 4.69) is 60.4 Å². The number of hydrogen-bond donors (Lipinski definition) is 2. The van der Waals surface area contributed by atoms with Crippen molar-refractivity contribution in [2.45, 2.75) is 125 Å². The molecule has 4 N–H and O–H groups in total. The Kier molecular flexibility index (Phi) is 10.8. The first kappa shape index (κ1) is 30.2. The number of nitrogens with two attached hydrogens (primary N) is 2. The molecule has 4 rings (SSSR count). The van der Waals surface area contributed by atoms with E-state index in [1.54, 1.807) is 11.1 Å². The van der Waals surface area contributed by atoms with Gasteiger partial charge in [-0.05, 0) is 121 Å². The van der Waals surface area contributed by atoms with Gasteiger partial charge in [-0.25, -0.2) is 0 Å². The Morgan fingerprint density at radius 3 is 2.20 bits per heavy atom. The molecule has 0 bridgehead atoms. The van der Waals surface area contributed by atoms with Gasteiger partial charge in [0, 0.05) is 5.54 Å². The van der Waals surface area contributed by atoms with Gasteiger partial charge in [0.2, 0.25) is 0 Å². The maximum absolute atomic E-state index is 7.10. The average molecular weight is 485 g/mol. The van der Waals surface area contributed by atoms with Gasteiger partial charge in [0.15, 0.2) is 0 Å². The molecular formula is C33H60N2. The number of rotatable bonds is 4. The van der Waals surface area contributed by atoms with Gasteiger partial charge < -0.3 is 11.5 Å². The molecule has 0 saturated heterocycles. The summed E-state index contributed by atoms with van der Waals surface area (Å²) >= 11 is 0. The van der Waals surface area contributed by atoms with Gasteiger partial charge in [0.1, 0.15) is 0 Å². The van der Waals surface area contributed by atoms with E-state index in [9.17, 15) is 0 Å². The quantitative estimate of drug-likeness (QED) is 0.418. The summed E-state index contributed by atoms with van der Waals surface area (Å²) < 4.78 is 0. The van der Waals surface area contributed by atoms with Crippen LogP contribution in [0.1, 0.15) is 120 Å². The highest BCUT2D eigenvalue weighted by Crippen LogP contribution is 2.59. The highest BCUT2D eigenvalue weighted by molar-refractivity contribution is 5.50. The summed E-state index contributed by atoms with van der Waals surface area (Å²) in [4.78, 5) is 0. The summed E-state index contributed by atoms with van der Waals surface area (Å²) in [6.07, 6.45) is 14.8. The van der Waals surface area contributed by atoms with Gasteiger partial charge >= 0.3 is 0 Å². The van der Waals surface area contributed by atoms with Crippen LogP contribution in [-0.4, -0.2) is 5.54 Å². The Morgan fingerprint density at radius 1 is 1.00 bits per heavy atom. The summed E-state index contributed by atoms with van der Waals surface area (Å²) in [5.74, 6) is 5.76. The lowest BCUT2D eigenvalue weighted by Gasteiger charge is -2.52. The minimum Gasteiger partial charge on any atom is -0.405 e. The SMILES string of the molecule is C=C1CC2(N)CCC3C(CC[C@H](C)C3CCC3C(C)CCCC3(C)C)C2=C1C(C)C.C=CN.CC. The number of allylic oxidation sites excluding steroid dienone is 1. The molecule has 202 valence electrons. The topological polar surface area (TPSA) is 52.0 Å². The molecule has 2 heteroatoms. The fourth-order valence-corrected chi connectivity index (χ4v) is 8.91. The standard InChI is InChI=1S/C29H49N.C2H5N.C2H6/c1-18(2)26-21(5)17-29(30)16-14-23-22(19(3)10-11-24(23)27(26)29)12-13-25-20(4)9-8-15-28(25,6)7;1-2-3;1-2/h18-20,22-25H,5,8-17,30H2,1-4,6-7H3;2H,1,3H2;1-2H3/t19-,20?,22?,23?,24?,25?,29?;;/m0../s1. The highest BCUT2D eigenvalue weighted by atomic mass is 14.8. The van der Waals surface area contributed by atoms with Crippen molar-refractivity contribution in [3.63, 3.8) is 0 Å². The van der Waals surface area contributed by atoms with Gasteiger partial charge in [0.25, 0.3) is 0 Å². The maximum atomic E-state index is 7.10. The van der Waals surface area contributed by atoms with Crippen LogP contribution in [0.15, 0.2) is 36.1 Å². The van der Waals surface area contributed by atoms with E-state index in [1.165, 1.54) is 69.6 Å². The first-order chi connectivity index (χ1) is 16.5. The monoisotopic (exact) mass is 484 g/mol. The second kappa shape index (κ2) is 12.5. The lowest BCUT2D eigenvalue weighted by molar-refractivity contribution is 0.0338. The van der Waals surface area contributed by atoms with E-state index in [-0.39, 0.29) is 5.54 Å². The van der Waals surface area contributed by atoms with Crippen molar-refractivity contribution in [3.8, 4) is 0 Å². The molecule has 6 unspecified atom stereocenters. The molecule has 7 atom stereocenters. The van der Waals surface area contributed by atoms with E-state index in [4.69, 9.17) is 5.73 Å². The minimum absolute atomic E-state index is 0.0666. The molecule has 2 nitrogen and oxygen atoms in total. The van der Waals surface area contributed by atoms with E-state index in [0.29, 0.717) is 11.3 Å². The molecule has 0 amide bonds. The van der Waals surface area contributed by atoms with Crippen LogP contribution in [0.4, 0.5) is 0 Å². The zero-order valence-electron chi connectivity index (χ0n) is 24.8. The van der Waals surface area contributed by atoms with Gasteiger partial charge in [-0.2, -0.15) is 0 Å². The lowest BCUT2D eigenvalue weighted by atomic mass is 9.54. The van der Waals surface area contributed by atoms with Crippen LogP contribution in [0, 0.1) is 46.8 Å². The predicted molar refractivity (Wildman–Crippen MR) is 156 cm³/mol. The second-order valence-electron chi connectivity index (χ2n) is 13.2. The first-order valence-electron chi connectivity index (χ1n) is 15.0. The maximum Gasteiger partial charge on any atom is 0.0418 e. The molecule has 0 heterocycles. The van der Waals surface area contributed by atoms with Crippen LogP contribution in [-0.2, 0) is 0 Å². The van der Waals surface area contributed by atoms with E-state index in [0.717, 1.165) is 41.9 Å². The third-order valence-electron chi connectivity index (χ3n) is 10.3. The summed E-state index contributed by atoms with van der Waals surface area (Å²) in [7, 11) is 0. The average Bonchev–Trinajstić information content (AvgIpc) is 3.06. The minimum atomic E-state index is -0.0666. The van der Waals surface area contributed by atoms with Crippen molar-refractivity contribution in [2.24, 2.45) is 58.3 Å². The van der Waals surface area contributed by atoms with Crippen molar-refractivity contribution in [1.29, 1.82) is 0 Å². The van der Waals surface area contributed by atoms with E-state index < -0.39 is 0 Å².